The largest absolute Gasteiger partial charge is 0.513 e. The lowest BCUT2D eigenvalue weighted by molar-refractivity contribution is 0.497. The smallest absolute Gasteiger partial charge is 0.224 e. The van der Waals surface area contributed by atoms with Crippen molar-refractivity contribution >= 4 is 34.5 Å². The first kappa shape index (κ1) is 13.4. The number of aromatic nitrogens is 3. The fraction of sp³-hybridized carbons (Fsp3) is 0.467. The number of nitrogens with zero attached hydrogens (tertiary/aromatic N) is 3. The zero-order chi connectivity index (χ0) is 14.3. The third kappa shape index (κ3) is 2.08. The first-order chi connectivity index (χ1) is 9.61. The third-order valence-electron chi connectivity index (χ3n) is 3.99. The maximum atomic E-state index is 9.54. The second-order valence-corrected chi connectivity index (χ2v) is 5.92. The second-order valence-electron chi connectivity index (χ2n) is 5.59. The number of rotatable bonds is 1. The molecule has 106 valence electrons. The summed E-state index contributed by atoms with van der Waals surface area (Å²) in [5, 5.41) is 12.4. The predicted molar refractivity (Wildman–Crippen MR) is 81.1 cm³/mol. The van der Waals surface area contributed by atoms with E-state index >= 15 is 0 Å². The van der Waals surface area contributed by atoms with E-state index in [1.807, 2.05) is 19.9 Å². The zero-order valence-corrected chi connectivity index (χ0v) is 12.5. The van der Waals surface area contributed by atoms with Gasteiger partial charge in [0.25, 0.3) is 0 Å². The predicted octanol–water partition coefficient (Wildman–Crippen LogP) is 2.69. The first-order valence-corrected chi connectivity index (χ1v) is 7.36. The molecule has 0 atom stereocenters. The van der Waals surface area contributed by atoms with Gasteiger partial charge in [0.2, 0.25) is 5.28 Å². The summed E-state index contributed by atoms with van der Waals surface area (Å²) in [6, 6.07) is 2.34. The summed E-state index contributed by atoms with van der Waals surface area (Å²) in [7, 11) is 0. The molecule has 1 saturated carbocycles. The molecule has 5 heteroatoms. The Morgan fingerprint density at radius 3 is 2.65 bits per heavy atom. The van der Waals surface area contributed by atoms with Crippen LogP contribution in [0.3, 0.4) is 0 Å². The minimum atomic E-state index is 0.260. The Labute approximate surface area is 122 Å². The maximum Gasteiger partial charge on any atom is 0.224 e. The van der Waals surface area contributed by atoms with Crippen molar-refractivity contribution in [3.63, 3.8) is 0 Å². The van der Waals surface area contributed by atoms with Crippen LogP contribution in [0.15, 0.2) is 6.07 Å². The van der Waals surface area contributed by atoms with E-state index in [-0.39, 0.29) is 5.28 Å². The number of fused-ring (bicyclic) bond motifs is 1. The van der Waals surface area contributed by atoms with Gasteiger partial charge in [0, 0.05) is 11.4 Å². The molecule has 2 aromatic rings. The van der Waals surface area contributed by atoms with Gasteiger partial charge < -0.3 is 9.67 Å². The standard InChI is InChI=1S/C15H18ClN3O/c1-9(2)13-12-7-11(8-20)19(10-5-3-4-6-10)14(12)18-15(16)17-13/h7-8,10,20H,3-6H2,1-2H3/b11-8-. The molecule has 2 heterocycles. The number of hydrogen-bond acceptors (Lipinski definition) is 3. The van der Waals surface area contributed by atoms with Gasteiger partial charge in [-0.1, -0.05) is 12.8 Å². The molecule has 0 spiro atoms. The molecular formula is C15H18ClN3O. The lowest BCUT2D eigenvalue weighted by Gasteiger charge is -2.13. The van der Waals surface area contributed by atoms with Crippen molar-refractivity contribution < 1.29 is 5.11 Å². The summed E-state index contributed by atoms with van der Waals surface area (Å²) in [6.45, 7) is 4.01. The van der Waals surface area contributed by atoms with Crippen molar-refractivity contribution in [3.05, 3.63) is 22.0 Å². The van der Waals surface area contributed by atoms with Crippen molar-refractivity contribution in [2.24, 2.45) is 0 Å². The number of hydrogen-bond donors (Lipinski definition) is 1. The van der Waals surface area contributed by atoms with Crippen molar-refractivity contribution in [1.29, 1.82) is 0 Å². The van der Waals surface area contributed by atoms with Gasteiger partial charge in [-0.3, -0.25) is 0 Å². The Kier molecular flexibility index (Phi) is 3.42. The highest BCUT2D eigenvalue weighted by Gasteiger charge is 2.21. The van der Waals surface area contributed by atoms with Crippen LogP contribution in [-0.4, -0.2) is 19.6 Å². The van der Waals surface area contributed by atoms with Crippen LogP contribution in [0.25, 0.3) is 22.9 Å². The molecule has 0 unspecified atom stereocenters. The van der Waals surface area contributed by atoms with Crippen LogP contribution in [0.1, 0.15) is 45.6 Å². The molecule has 1 aliphatic rings. The minimum absolute atomic E-state index is 0.260. The fourth-order valence-corrected chi connectivity index (χ4v) is 3.28. The number of aliphatic hydroxyl groups is 1. The van der Waals surface area contributed by atoms with Gasteiger partial charge in [-0.05, 0) is 49.9 Å². The molecule has 3 rings (SSSR count). The van der Waals surface area contributed by atoms with Gasteiger partial charge in [-0.15, -0.1) is 0 Å². The maximum absolute atomic E-state index is 9.54. The lowest BCUT2D eigenvalue weighted by atomic mass is 10.2. The van der Waals surface area contributed by atoms with Crippen LogP contribution in [-0.2, 0) is 0 Å². The highest BCUT2D eigenvalue weighted by molar-refractivity contribution is 6.28. The fourth-order valence-electron chi connectivity index (χ4n) is 3.11. The van der Waals surface area contributed by atoms with E-state index in [4.69, 9.17) is 11.6 Å². The van der Waals surface area contributed by atoms with E-state index in [1.54, 1.807) is 0 Å². The molecule has 0 amide bonds. The number of aliphatic hydroxyl groups excluding tert-OH is 1. The Bertz CT molecular complexity index is 768. The monoisotopic (exact) mass is 291 g/mol. The summed E-state index contributed by atoms with van der Waals surface area (Å²) >= 11 is 6.08. The molecule has 20 heavy (non-hydrogen) atoms. The Morgan fingerprint density at radius 1 is 1.35 bits per heavy atom. The summed E-state index contributed by atoms with van der Waals surface area (Å²) < 4.78 is 2.11. The van der Waals surface area contributed by atoms with E-state index in [1.165, 1.54) is 12.8 Å². The summed E-state index contributed by atoms with van der Waals surface area (Å²) in [5.74, 6) is 0. The normalized spacial score (nSPS) is 17.2. The highest BCUT2D eigenvalue weighted by atomic mass is 35.5. The summed E-state index contributed by atoms with van der Waals surface area (Å²) in [4.78, 5) is 8.73. The van der Waals surface area contributed by atoms with Gasteiger partial charge in [-0.25, -0.2) is 4.98 Å². The molecule has 1 aliphatic carbocycles. The van der Waals surface area contributed by atoms with Crippen molar-refractivity contribution in [1.82, 2.24) is 14.5 Å². The molecule has 1 N–H and O–H groups in total. The Balaban J connectivity index is 2.43. The molecule has 0 radical (unpaired) electrons. The summed E-state index contributed by atoms with van der Waals surface area (Å²) in [5.41, 5.74) is 1.92. The zero-order valence-electron chi connectivity index (χ0n) is 11.7. The number of halogens is 1. The molecule has 0 bridgehead atoms. The van der Waals surface area contributed by atoms with Gasteiger partial charge in [-0.2, -0.15) is 4.98 Å². The van der Waals surface area contributed by atoms with Crippen LogP contribution in [0.4, 0.5) is 0 Å². The average Bonchev–Trinajstić information content (AvgIpc) is 3.03. The molecule has 1 fully saturated rings. The van der Waals surface area contributed by atoms with Crippen LogP contribution in [0, 0.1) is 0 Å². The molecule has 2 aromatic heterocycles. The molecule has 0 saturated heterocycles. The van der Waals surface area contributed by atoms with Crippen LogP contribution in [0.5, 0.6) is 0 Å². The van der Waals surface area contributed by atoms with Gasteiger partial charge in [0.15, 0.2) is 0 Å². The Morgan fingerprint density at radius 2 is 2.05 bits per heavy atom. The molecule has 4 nitrogen and oxygen atoms in total. The quantitative estimate of drug-likeness (QED) is 0.822. The first-order valence-electron chi connectivity index (χ1n) is 6.98. The van der Waals surface area contributed by atoms with Crippen molar-refractivity contribution in [2.75, 3.05) is 0 Å². The van der Waals surface area contributed by atoms with Crippen LogP contribution in [0.2, 0.25) is 5.28 Å². The van der Waals surface area contributed by atoms with E-state index in [2.05, 4.69) is 14.5 Å². The molecular weight excluding hydrogens is 274 g/mol. The van der Waals surface area contributed by atoms with E-state index in [0.29, 0.717) is 6.04 Å². The summed E-state index contributed by atoms with van der Waals surface area (Å²) in [6.07, 6.45) is 5.84. The van der Waals surface area contributed by atoms with Gasteiger partial charge >= 0.3 is 0 Å². The van der Waals surface area contributed by atoms with Crippen LogP contribution >= 0.6 is 11.6 Å². The topological polar surface area (TPSA) is 50.9 Å². The van der Waals surface area contributed by atoms with Crippen LogP contribution < -0.4 is 10.7 Å². The van der Waals surface area contributed by atoms with Crippen molar-refractivity contribution in [2.45, 2.75) is 45.6 Å². The van der Waals surface area contributed by atoms with Gasteiger partial charge in [0.1, 0.15) is 11.9 Å². The SMILES string of the molecule is CC(C)=c1nc(Cl)nc2c1c/c(=C/O)n2C1CCCC1. The van der Waals surface area contributed by atoms with E-state index in [9.17, 15) is 5.11 Å². The molecule has 0 aromatic carbocycles. The highest BCUT2D eigenvalue weighted by Crippen LogP contribution is 2.30. The van der Waals surface area contributed by atoms with E-state index < -0.39 is 0 Å². The Hall–Kier alpha value is -1.55. The lowest BCUT2D eigenvalue weighted by Crippen LogP contribution is -2.20. The van der Waals surface area contributed by atoms with Crippen molar-refractivity contribution in [3.8, 4) is 0 Å². The van der Waals surface area contributed by atoms with Gasteiger partial charge in [0.05, 0.1) is 10.7 Å². The molecule has 0 aliphatic heterocycles. The third-order valence-corrected chi connectivity index (χ3v) is 4.16. The van der Waals surface area contributed by atoms with E-state index in [0.717, 1.165) is 46.4 Å². The minimum Gasteiger partial charge on any atom is -0.513 e. The average molecular weight is 292 g/mol. The second kappa shape index (κ2) is 5.09.